The van der Waals surface area contributed by atoms with Gasteiger partial charge in [-0.3, -0.25) is 4.79 Å². The Morgan fingerprint density at radius 2 is 1.75 bits per heavy atom. The number of rotatable bonds is 4. The van der Waals surface area contributed by atoms with Gasteiger partial charge in [0.25, 0.3) is 0 Å². The lowest BCUT2D eigenvalue weighted by atomic mass is 9.98. The van der Waals surface area contributed by atoms with Gasteiger partial charge in [-0.1, -0.05) is 12.1 Å². The largest absolute Gasteiger partial charge is 0.469 e. The van der Waals surface area contributed by atoms with E-state index in [1.165, 1.54) is 29.4 Å². The van der Waals surface area contributed by atoms with Crippen molar-refractivity contribution in [2.75, 3.05) is 7.11 Å². The summed E-state index contributed by atoms with van der Waals surface area (Å²) in [4.78, 5) is 11.0. The molecule has 0 N–H and O–H groups in total. The molecule has 0 aliphatic heterocycles. The van der Waals surface area contributed by atoms with Crippen molar-refractivity contribution in [1.29, 1.82) is 0 Å². The third-order valence-electron chi connectivity index (χ3n) is 3.06. The highest BCUT2D eigenvalue weighted by Crippen LogP contribution is 2.17. The van der Waals surface area contributed by atoms with E-state index in [0.717, 1.165) is 12.8 Å². The molecule has 1 aromatic carbocycles. The zero-order valence-electron chi connectivity index (χ0n) is 10.6. The molecule has 16 heavy (non-hydrogen) atoms. The second kappa shape index (κ2) is 5.69. The Morgan fingerprint density at radius 3 is 2.25 bits per heavy atom. The number of hydrogen-bond acceptors (Lipinski definition) is 2. The molecule has 1 aromatic rings. The number of carbonyl (C=O) groups is 1. The SMILES string of the molecule is COC(=O)CCCc1cc(C)c(C)c(C)c1. The molecule has 2 nitrogen and oxygen atoms in total. The third kappa shape index (κ3) is 3.37. The van der Waals surface area contributed by atoms with Crippen molar-refractivity contribution in [1.82, 2.24) is 0 Å². The summed E-state index contributed by atoms with van der Waals surface area (Å²) in [5.74, 6) is -0.124. The third-order valence-corrected chi connectivity index (χ3v) is 3.06. The second-order valence-electron chi connectivity index (χ2n) is 4.28. The highest BCUT2D eigenvalue weighted by atomic mass is 16.5. The van der Waals surface area contributed by atoms with Crippen molar-refractivity contribution in [2.45, 2.75) is 40.0 Å². The van der Waals surface area contributed by atoms with Gasteiger partial charge < -0.3 is 4.74 Å². The lowest BCUT2D eigenvalue weighted by molar-refractivity contribution is -0.140. The molecule has 0 atom stereocenters. The van der Waals surface area contributed by atoms with Gasteiger partial charge in [0, 0.05) is 6.42 Å². The van der Waals surface area contributed by atoms with Crippen LogP contribution in [0.1, 0.15) is 35.1 Å². The van der Waals surface area contributed by atoms with Crippen LogP contribution in [0.2, 0.25) is 0 Å². The quantitative estimate of drug-likeness (QED) is 0.729. The number of carbonyl (C=O) groups excluding carboxylic acids is 1. The van der Waals surface area contributed by atoms with Crippen molar-refractivity contribution >= 4 is 5.97 Å². The average Bonchev–Trinajstić information content (AvgIpc) is 2.25. The zero-order chi connectivity index (χ0) is 12.1. The number of aryl methyl sites for hydroxylation is 3. The van der Waals surface area contributed by atoms with Crippen LogP contribution in [0, 0.1) is 20.8 Å². The molecule has 1 rings (SSSR count). The lowest BCUT2D eigenvalue weighted by Crippen LogP contribution is -2.01. The van der Waals surface area contributed by atoms with Crippen LogP contribution in [-0.4, -0.2) is 13.1 Å². The van der Waals surface area contributed by atoms with E-state index in [9.17, 15) is 4.79 Å². The van der Waals surface area contributed by atoms with E-state index >= 15 is 0 Å². The van der Waals surface area contributed by atoms with Gasteiger partial charge in [0.2, 0.25) is 0 Å². The first kappa shape index (κ1) is 12.8. The van der Waals surface area contributed by atoms with Crippen LogP contribution in [0.4, 0.5) is 0 Å². The highest BCUT2D eigenvalue weighted by Gasteiger charge is 2.03. The summed E-state index contributed by atoms with van der Waals surface area (Å²) in [6.07, 6.45) is 2.30. The fourth-order valence-corrected chi connectivity index (χ4v) is 1.81. The first-order valence-corrected chi connectivity index (χ1v) is 5.68. The summed E-state index contributed by atoms with van der Waals surface area (Å²) in [7, 11) is 1.43. The van der Waals surface area contributed by atoms with Gasteiger partial charge in [-0.15, -0.1) is 0 Å². The van der Waals surface area contributed by atoms with Crippen LogP contribution in [-0.2, 0) is 16.0 Å². The predicted octanol–water partition coefficient (Wildman–Crippen LogP) is 3.11. The number of hydrogen-bond donors (Lipinski definition) is 0. The van der Waals surface area contributed by atoms with Gasteiger partial charge in [-0.05, 0) is 55.9 Å². The second-order valence-corrected chi connectivity index (χ2v) is 4.28. The first-order valence-electron chi connectivity index (χ1n) is 5.68. The van der Waals surface area contributed by atoms with Gasteiger partial charge in [0.1, 0.15) is 0 Å². The molecule has 0 unspecified atom stereocenters. The molecule has 0 saturated heterocycles. The van der Waals surface area contributed by atoms with Gasteiger partial charge in [0.05, 0.1) is 7.11 Å². The van der Waals surface area contributed by atoms with Crippen molar-refractivity contribution in [3.8, 4) is 0 Å². The Hall–Kier alpha value is -1.31. The zero-order valence-corrected chi connectivity index (χ0v) is 10.6. The van der Waals surface area contributed by atoms with Gasteiger partial charge in [0.15, 0.2) is 0 Å². The minimum Gasteiger partial charge on any atom is -0.469 e. The van der Waals surface area contributed by atoms with E-state index in [4.69, 9.17) is 0 Å². The van der Waals surface area contributed by atoms with Crippen LogP contribution in [0.3, 0.4) is 0 Å². The molecular weight excluding hydrogens is 200 g/mol. The Labute approximate surface area is 97.6 Å². The molecule has 0 fully saturated rings. The summed E-state index contributed by atoms with van der Waals surface area (Å²) < 4.78 is 4.62. The maximum absolute atomic E-state index is 11.0. The lowest BCUT2D eigenvalue weighted by Gasteiger charge is -2.08. The van der Waals surface area contributed by atoms with Crippen molar-refractivity contribution < 1.29 is 9.53 Å². The van der Waals surface area contributed by atoms with Gasteiger partial charge >= 0.3 is 5.97 Å². The fraction of sp³-hybridized carbons (Fsp3) is 0.500. The highest BCUT2D eigenvalue weighted by molar-refractivity contribution is 5.69. The van der Waals surface area contributed by atoms with Crippen LogP contribution in [0.5, 0.6) is 0 Å². The maximum Gasteiger partial charge on any atom is 0.305 e. The number of methoxy groups -OCH3 is 1. The minimum atomic E-state index is -0.124. The normalized spacial score (nSPS) is 10.2. The van der Waals surface area contributed by atoms with Crippen LogP contribution >= 0.6 is 0 Å². The number of benzene rings is 1. The maximum atomic E-state index is 11.0. The van der Waals surface area contributed by atoms with E-state index < -0.39 is 0 Å². The Morgan fingerprint density at radius 1 is 1.19 bits per heavy atom. The van der Waals surface area contributed by atoms with E-state index in [1.807, 2.05) is 0 Å². The smallest absolute Gasteiger partial charge is 0.305 e. The number of ether oxygens (including phenoxy) is 1. The van der Waals surface area contributed by atoms with E-state index in [-0.39, 0.29) is 5.97 Å². The van der Waals surface area contributed by atoms with Crippen molar-refractivity contribution in [3.63, 3.8) is 0 Å². The molecular formula is C14H20O2. The summed E-state index contributed by atoms with van der Waals surface area (Å²) in [6, 6.07) is 4.42. The Bertz CT molecular complexity index is 357. The summed E-state index contributed by atoms with van der Waals surface area (Å²) >= 11 is 0. The Balaban J connectivity index is 2.58. The molecule has 0 bridgehead atoms. The van der Waals surface area contributed by atoms with Crippen LogP contribution in [0.25, 0.3) is 0 Å². The molecule has 0 amide bonds. The summed E-state index contributed by atoms with van der Waals surface area (Å²) in [5, 5.41) is 0. The van der Waals surface area contributed by atoms with Gasteiger partial charge in [-0.2, -0.15) is 0 Å². The molecule has 0 spiro atoms. The molecule has 0 saturated carbocycles. The standard InChI is InChI=1S/C14H20O2/c1-10-8-13(9-11(2)12(10)3)6-5-7-14(15)16-4/h8-9H,5-7H2,1-4H3. The summed E-state index contributed by atoms with van der Waals surface area (Å²) in [6.45, 7) is 6.40. The van der Waals surface area contributed by atoms with Gasteiger partial charge in [-0.25, -0.2) is 0 Å². The van der Waals surface area contributed by atoms with Crippen LogP contribution < -0.4 is 0 Å². The predicted molar refractivity (Wildman–Crippen MR) is 65.6 cm³/mol. The Kier molecular flexibility index (Phi) is 4.53. The first-order chi connectivity index (χ1) is 7.54. The molecule has 0 aromatic heterocycles. The average molecular weight is 220 g/mol. The van der Waals surface area contributed by atoms with E-state index in [0.29, 0.717) is 6.42 Å². The van der Waals surface area contributed by atoms with Crippen LogP contribution in [0.15, 0.2) is 12.1 Å². The fourth-order valence-electron chi connectivity index (χ4n) is 1.81. The molecule has 0 aliphatic rings. The molecule has 0 radical (unpaired) electrons. The molecule has 0 heterocycles. The number of esters is 1. The molecule has 2 heteroatoms. The van der Waals surface area contributed by atoms with E-state index in [1.54, 1.807) is 0 Å². The summed E-state index contributed by atoms with van der Waals surface area (Å²) in [5.41, 5.74) is 5.32. The van der Waals surface area contributed by atoms with Crippen molar-refractivity contribution in [3.05, 3.63) is 34.4 Å². The minimum absolute atomic E-state index is 0.124. The van der Waals surface area contributed by atoms with Crippen molar-refractivity contribution in [2.24, 2.45) is 0 Å². The van der Waals surface area contributed by atoms with E-state index in [2.05, 4.69) is 37.6 Å². The monoisotopic (exact) mass is 220 g/mol. The topological polar surface area (TPSA) is 26.3 Å². The molecule has 0 aliphatic carbocycles. The molecule has 88 valence electrons.